The summed E-state index contributed by atoms with van der Waals surface area (Å²) in [6.07, 6.45) is 7.73. The van der Waals surface area contributed by atoms with Gasteiger partial charge in [-0.25, -0.2) is 4.79 Å². The number of piperidine rings is 4. The van der Waals surface area contributed by atoms with Crippen LogP contribution in [0.15, 0.2) is 0 Å². The number of hydrogen-bond acceptors (Lipinski definition) is 3. The number of nitrogens with zero attached hydrogens (tertiary/aromatic N) is 3. The minimum atomic E-state index is 0.164. The first-order chi connectivity index (χ1) is 13.6. The van der Waals surface area contributed by atoms with E-state index in [1.807, 2.05) is 4.90 Å². The molecular weight excluding hydrogens is 356 g/mol. The van der Waals surface area contributed by atoms with Gasteiger partial charge < -0.3 is 20.0 Å². The van der Waals surface area contributed by atoms with Gasteiger partial charge in [0, 0.05) is 57.1 Å². The molecule has 2 bridgehead atoms. The second-order valence-electron chi connectivity index (χ2n) is 9.60. The Morgan fingerprint density at radius 1 is 0.929 bits per heavy atom. The second-order valence-corrected chi connectivity index (χ2v) is 9.60. The van der Waals surface area contributed by atoms with Crippen LogP contribution in [-0.4, -0.2) is 77.4 Å². The number of carbonyl (C=O) groups is 3. The summed E-state index contributed by atoms with van der Waals surface area (Å²) in [4.78, 5) is 43.5. The van der Waals surface area contributed by atoms with Crippen LogP contribution in [0, 0.1) is 17.8 Å². The first-order valence-corrected chi connectivity index (χ1v) is 11.2. The van der Waals surface area contributed by atoms with Gasteiger partial charge in [-0.3, -0.25) is 9.59 Å². The Morgan fingerprint density at radius 2 is 1.71 bits per heavy atom. The number of amides is 4. The molecule has 3 atom stereocenters. The molecule has 4 amide bonds. The van der Waals surface area contributed by atoms with Gasteiger partial charge in [-0.05, 0) is 56.8 Å². The maximum atomic E-state index is 13.1. The summed E-state index contributed by atoms with van der Waals surface area (Å²) >= 11 is 0. The Hall–Kier alpha value is -1.79. The molecule has 0 aromatic carbocycles. The van der Waals surface area contributed by atoms with Crippen molar-refractivity contribution in [3.63, 3.8) is 0 Å². The summed E-state index contributed by atoms with van der Waals surface area (Å²) in [6.45, 7) is 3.87. The van der Waals surface area contributed by atoms with Gasteiger partial charge in [-0.1, -0.05) is 0 Å². The van der Waals surface area contributed by atoms with Crippen molar-refractivity contribution in [1.29, 1.82) is 0 Å². The predicted octanol–water partition coefficient (Wildman–Crippen LogP) is 1.43. The average Bonchev–Trinajstić information content (AvgIpc) is 3.54. The molecule has 5 rings (SSSR count). The Labute approximate surface area is 166 Å². The molecule has 7 nitrogen and oxygen atoms in total. The van der Waals surface area contributed by atoms with E-state index in [2.05, 4.69) is 15.1 Å². The lowest BCUT2D eigenvalue weighted by molar-refractivity contribution is -0.144. The highest BCUT2D eigenvalue weighted by Gasteiger charge is 2.45. The number of rotatable bonds is 2. The van der Waals surface area contributed by atoms with Crippen molar-refractivity contribution >= 4 is 17.8 Å². The zero-order valence-electron chi connectivity index (χ0n) is 16.6. The minimum Gasteiger partial charge on any atom is -0.353 e. The lowest BCUT2D eigenvalue weighted by Crippen LogP contribution is -2.62. The van der Waals surface area contributed by atoms with Crippen molar-refractivity contribution in [3.8, 4) is 0 Å². The number of urea groups is 1. The molecule has 0 aromatic rings. The highest BCUT2D eigenvalue weighted by Crippen LogP contribution is 2.38. The maximum absolute atomic E-state index is 13.1. The number of hydrogen-bond donors (Lipinski definition) is 1. The minimum absolute atomic E-state index is 0.164. The molecule has 1 aliphatic carbocycles. The normalized spacial score (nSPS) is 33.5. The highest BCUT2D eigenvalue weighted by atomic mass is 16.2. The molecule has 4 saturated heterocycles. The third-order valence-electron chi connectivity index (χ3n) is 7.51. The molecule has 7 heteroatoms. The monoisotopic (exact) mass is 388 g/mol. The molecule has 0 radical (unpaired) electrons. The predicted molar refractivity (Wildman–Crippen MR) is 103 cm³/mol. The van der Waals surface area contributed by atoms with E-state index in [0.29, 0.717) is 30.2 Å². The van der Waals surface area contributed by atoms with Gasteiger partial charge in [0.05, 0.1) is 0 Å². The van der Waals surface area contributed by atoms with E-state index < -0.39 is 0 Å². The first-order valence-electron chi connectivity index (χ1n) is 11.2. The van der Waals surface area contributed by atoms with Crippen molar-refractivity contribution < 1.29 is 14.4 Å². The van der Waals surface area contributed by atoms with Crippen LogP contribution in [0.1, 0.15) is 51.4 Å². The van der Waals surface area contributed by atoms with Crippen molar-refractivity contribution in [2.75, 3.05) is 32.7 Å². The molecule has 2 unspecified atom stereocenters. The third kappa shape index (κ3) is 3.48. The van der Waals surface area contributed by atoms with Gasteiger partial charge in [0.15, 0.2) is 0 Å². The van der Waals surface area contributed by atoms with Crippen LogP contribution < -0.4 is 5.32 Å². The van der Waals surface area contributed by atoms with Crippen molar-refractivity contribution in [1.82, 2.24) is 20.0 Å². The zero-order chi connectivity index (χ0) is 19.3. The molecular formula is C21H32N4O3. The first kappa shape index (κ1) is 18.3. The van der Waals surface area contributed by atoms with Crippen LogP contribution in [0.4, 0.5) is 4.79 Å². The number of carbonyl (C=O) groups excluding carboxylic acids is 3. The average molecular weight is 389 g/mol. The van der Waals surface area contributed by atoms with Crippen LogP contribution in [0.3, 0.4) is 0 Å². The highest BCUT2D eigenvalue weighted by molar-refractivity contribution is 5.81. The van der Waals surface area contributed by atoms with E-state index in [4.69, 9.17) is 0 Å². The second kappa shape index (κ2) is 7.23. The van der Waals surface area contributed by atoms with Gasteiger partial charge >= 0.3 is 6.03 Å². The lowest BCUT2D eigenvalue weighted by atomic mass is 9.76. The number of fused-ring (bicyclic) bond motifs is 4. The van der Waals surface area contributed by atoms with Gasteiger partial charge in [0.1, 0.15) is 0 Å². The molecule has 0 spiro atoms. The fraction of sp³-hybridized carbons (Fsp3) is 0.857. The van der Waals surface area contributed by atoms with Crippen LogP contribution in [-0.2, 0) is 9.59 Å². The summed E-state index contributed by atoms with van der Waals surface area (Å²) in [5.41, 5.74) is 0. The van der Waals surface area contributed by atoms with Gasteiger partial charge in [-0.2, -0.15) is 0 Å². The lowest BCUT2D eigenvalue weighted by Gasteiger charge is -2.53. The van der Waals surface area contributed by atoms with Crippen LogP contribution in [0.5, 0.6) is 0 Å². The van der Waals surface area contributed by atoms with E-state index in [9.17, 15) is 14.4 Å². The Balaban J connectivity index is 1.16. The summed E-state index contributed by atoms with van der Waals surface area (Å²) < 4.78 is 0. The van der Waals surface area contributed by atoms with Crippen LogP contribution in [0.25, 0.3) is 0 Å². The summed E-state index contributed by atoms with van der Waals surface area (Å²) in [6, 6.07) is 0.730. The largest absolute Gasteiger partial charge is 0.353 e. The summed E-state index contributed by atoms with van der Waals surface area (Å²) in [7, 11) is 0. The fourth-order valence-corrected chi connectivity index (χ4v) is 5.85. The smallest absolute Gasteiger partial charge is 0.320 e. The SMILES string of the molecule is O=C(NC1CCN(C(=O)N2CC3CC(C2)[C@H]2CCCC(=O)N2C3)CC1)C1CC1. The van der Waals surface area contributed by atoms with Crippen molar-refractivity contribution in [2.45, 2.75) is 63.5 Å². The fourth-order valence-electron chi connectivity index (χ4n) is 5.85. The topological polar surface area (TPSA) is 73.0 Å². The van der Waals surface area contributed by atoms with Crippen molar-refractivity contribution in [2.24, 2.45) is 17.8 Å². The van der Waals surface area contributed by atoms with Gasteiger partial charge in [0.25, 0.3) is 0 Å². The Morgan fingerprint density at radius 3 is 2.46 bits per heavy atom. The van der Waals surface area contributed by atoms with Gasteiger partial charge in [0.2, 0.25) is 11.8 Å². The Bertz CT molecular complexity index is 656. The summed E-state index contributed by atoms with van der Waals surface area (Å²) in [5, 5.41) is 3.16. The number of nitrogens with one attached hydrogen (secondary N) is 1. The standard InChI is InChI=1S/C21H32N4O3/c26-19-3-1-2-18-16-10-14(12-25(18)19)11-24(13-16)21(28)23-8-6-17(7-9-23)22-20(27)15-4-5-15/h14-18H,1-13H2,(H,22,27)/t14?,16?,18-/m1/s1. The van der Waals surface area contributed by atoms with Crippen LogP contribution in [0.2, 0.25) is 0 Å². The van der Waals surface area contributed by atoms with E-state index in [1.165, 1.54) is 0 Å². The number of likely N-dealkylation sites (tertiary alicyclic amines) is 2. The van der Waals surface area contributed by atoms with E-state index in [0.717, 1.165) is 77.7 Å². The van der Waals surface area contributed by atoms with Crippen LogP contribution >= 0.6 is 0 Å². The molecule has 5 aliphatic rings. The quantitative estimate of drug-likeness (QED) is 0.778. The zero-order valence-corrected chi connectivity index (χ0v) is 16.6. The van der Waals surface area contributed by atoms with E-state index in [-0.39, 0.29) is 23.9 Å². The molecule has 4 heterocycles. The maximum Gasteiger partial charge on any atom is 0.320 e. The molecule has 28 heavy (non-hydrogen) atoms. The van der Waals surface area contributed by atoms with Gasteiger partial charge in [-0.15, -0.1) is 0 Å². The summed E-state index contributed by atoms with van der Waals surface area (Å²) in [5.74, 6) is 1.65. The van der Waals surface area contributed by atoms with Crippen molar-refractivity contribution in [3.05, 3.63) is 0 Å². The molecule has 5 fully saturated rings. The molecule has 0 aromatic heterocycles. The molecule has 4 aliphatic heterocycles. The Kier molecular flexibility index (Phi) is 4.71. The third-order valence-corrected chi connectivity index (χ3v) is 7.51. The molecule has 1 saturated carbocycles. The van der Waals surface area contributed by atoms with E-state index >= 15 is 0 Å². The molecule has 1 N–H and O–H groups in total. The van der Waals surface area contributed by atoms with E-state index in [1.54, 1.807) is 0 Å². The molecule has 154 valence electrons.